The van der Waals surface area contributed by atoms with Gasteiger partial charge in [0.25, 0.3) is 0 Å². The molecule has 3 N–H and O–H groups in total. The Morgan fingerprint density at radius 3 is 2.42 bits per heavy atom. The Balaban J connectivity index is 2.66. The standard InChI is InChI=1S/C8H16O4/c1-5(2)6-7(10)8(11,3-9)4-12-6/h5-7,9-11H,3-4H2,1-2H3/t6-,7-,8+/m0/s1. The number of ether oxygens (including phenoxy) is 1. The van der Waals surface area contributed by atoms with E-state index < -0.39 is 18.3 Å². The van der Waals surface area contributed by atoms with Gasteiger partial charge in [-0.2, -0.15) is 0 Å². The zero-order valence-corrected chi connectivity index (χ0v) is 7.40. The van der Waals surface area contributed by atoms with Crippen LogP contribution in [0, 0.1) is 5.92 Å². The van der Waals surface area contributed by atoms with Crippen molar-refractivity contribution >= 4 is 0 Å². The summed E-state index contributed by atoms with van der Waals surface area (Å²) in [6.07, 6.45) is -1.36. The molecule has 1 fully saturated rings. The lowest BCUT2D eigenvalue weighted by Gasteiger charge is -2.25. The summed E-state index contributed by atoms with van der Waals surface area (Å²) in [4.78, 5) is 0. The van der Waals surface area contributed by atoms with Gasteiger partial charge in [0.15, 0.2) is 0 Å². The summed E-state index contributed by atoms with van der Waals surface area (Å²) in [5.74, 6) is 0.139. The van der Waals surface area contributed by atoms with Gasteiger partial charge in [-0.1, -0.05) is 13.8 Å². The van der Waals surface area contributed by atoms with E-state index in [1.54, 1.807) is 0 Å². The van der Waals surface area contributed by atoms with Crippen molar-refractivity contribution in [1.82, 2.24) is 0 Å². The Morgan fingerprint density at radius 2 is 2.17 bits per heavy atom. The molecule has 4 heteroatoms. The summed E-state index contributed by atoms with van der Waals surface area (Å²) in [5.41, 5.74) is -1.46. The lowest BCUT2D eigenvalue weighted by molar-refractivity contribution is -0.0841. The van der Waals surface area contributed by atoms with Gasteiger partial charge in [-0.25, -0.2) is 0 Å². The van der Waals surface area contributed by atoms with Gasteiger partial charge in [0.05, 0.1) is 19.3 Å². The molecule has 0 radical (unpaired) electrons. The topological polar surface area (TPSA) is 69.9 Å². The second kappa shape index (κ2) is 3.30. The maximum Gasteiger partial charge on any atom is 0.139 e. The van der Waals surface area contributed by atoms with E-state index in [1.165, 1.54) is 0 Å². The van der Waals surface area contributed by atoms with E-state index in [0.717, 1.165) is 0 Å². The van der Waals surface area contributed by atoms with Crippen LogP contribution in [0.2, 0.25) is 0 Å². The quantitative estimate of drug-likeness (QED) is 0.511. The molecule has 3 atom stereocenters. The Kier molecular flexibility index (Phi) is 2.73. The molecular formula is C8H16O4. The molecule has 72 valence electrons. The third-order valence-corrected chi connectivity index (χ3v) is 2.32. The smallest absolute Gasteiger partial charge is 0.139 e. The summed E-state index contributed by atoms with van der Waals surface area (Å²) < 4.78 is 5.17. The Bertz CT molecular complexity index is 159. The zero-order valence-electron chi connectivity index (χ0n) is 7.40. The fourth-order valence-corrected chi connectivity index (χ4v) is 1.42. The molecule has 1 rings (SSSR count). The first kappa shape index (κ1) is 9.92. The normalized spacial score (nSPS) is 42.5. The molecule has 12 heavy (non-hydrogen) atoms. The Hall–Kier alpha value is -0.160. The maximum atomic E-state index is 9.56. The molecule has 0 amide bonds. The number of hydrogen-bond donors (Lipinski definition) is 3. The van der Waals surface area contributed by atoms with Crippen LogP contribution >= 0.6 is 0 Å². The summed E-state index contributed by atoms with van der Waals surface area (Å²) in [6.45, 7) is 3.35. The highest BCUT2D eigenvalue weighted by atomic mass is 16.5. The number of aliphatic hydroxyl groups is 3. The van der Waals surface area contributed by atoms with Crippen LogP contribution in [0.1, 0.15) is 13.8 Å². The van der Waals surface area contributed by atoms with Gasteiger partial charge in [0, 0.05) is 0 Å². The molecule has 1 aliphatic heterocycles. The van der Waals surface area contributed by atoms with Crippen molar-refractivity contribution < 1.29 is 20.1 Å². The fraction of sp³-hybridized carbons (Fsp3) is 1.00. The van der Waals surface area contributed by atoms with Crippen molar-refractivity contribution in [1.29, 1.82) is 0 Å². The molecule has 0 aromatic heterocycles. The highest BCUT2D eigenvalue weighted by Crippen LogP contribution is 2.28. The van der Waals surface area contributed by atoms with E-state index >= 15 is 0 Å². The summed E-state index contributed by atoms with van der Waals surface area (Å²) >= 11 is 0. The van der Waals surface area contributed by atoms with E-state index in [2.05, 4.69) is 0 Å². The van der Waals surface area contributed by atoms with E-state index in [1.807, 2.05) is 13.8 Å². The highest BCUT2D eigenvalue weighted by molar-refractivity contribution is 4.97. The first-order valence-electron chi connectivity index (χ1n) is 4.14. The molecule has 0 aliphatic carbocycles. The number of aliphatic hydroxyl groups excluding tert-OH is 2. The van der Waals surface area contributed by atoms with E-state index in [0.29, 0.717) is 0 Å². The van der Waals surface area contributed by atoms with Crippen LogP contribution in [0.4, 0.5) is 0 Å². The average molecular weight is 176 g/mol. The molecule has 0 aromatic carbocycles. The largest absolute Gasteiger partial charge is 0.393 e. The molecule has 1 saturated heterocycles. The van der Waals surface area contributed by atoms with Crippen molar-refractivity contribution in [2.45, 2.75) is 31.7 Å². The van der Waals surface area contributed by atoms with Gasteiger partial charge in [-0.15, -0.1) is 0 Å². The first-order valence-corrected chi connectivity index (χ1v) is 4.14. The summed E-state index contributed by atoms with van der Waals surface area (Å²) in [5, 5.41) is 27.9. The summed E-state index contributed by atoms with van der Waals surface area (Å²) in [6, 6.07) is 0. The zero-order chi connectivity index (χ0) is 9.35. The molecular weight excluding hydrogens is 160 g/mol. The molecule has 0 spiro atoms. The maximum absolute atomic E-state index is 9.56. The van der Waals surface area contributed by atoms with Crippen LogP contribution in [0.3, 0.4) is 0 Å². The highest BCUT2D eigenvalue weighted by Gasteiger charge is 2.48. The van der Waals surface area contributed by atoms with Gasteiger partial charge < -0.3 is 20.1 Å². The van der Waals surface area contributed by atoms with Crippen molar-refractivity contribution in [3.63, 3.8) is 0 Å². The molecule has 0 aromatic rings. The first-order chi connectivity index (χ1) is 5.51. The molecule has 0 saturated carbocycles. The monoisotopic (exact) mass is 176 g/mol. The molecule has 0 bridgehead atoms. The second-order valence-corrected chi connectivity index (χ2v) is 3.73. The van der Waals surface area contributed by atoms with Gasteiger partial charge in [-0.3, -0.25) is 0 Å². The minimum atomic E-state index is -1.46. The van der Waals surface area contributed by atoms with Gasteiger partial charge in [0.2, 0.25) is 0 Å². The predicted octanol–water partition coefficient (Wildman–Crippen LogP) is -0.875. The van der Waals surface area contributed by atoms with Gasteiger partial charge in [-0.05, 0) is 5.92 Å². The van der Waals surface area contributed by atoms with Crippen LogP contribution in [0.25, 0.3) is 0 Å². The third kappa shape index (κ3) is 1.47. The van der Waals surface area contributed by atoms with Gasteiger partial charge in [0.1, 0.15) is 11.7 Å². The van der Waals surface area contributed by atoms with E-state index in [9.17, 15) is 10.2 Å². The lowest BCUT2D eigenvalue weighted by Crippen LogP contribution is -2.47. The van der Waals surface area contributed by atoms with E-state index in [4.69, 9.17) is 9.84 Å². The molecule has 1 heterocycles. The fourth-order valence-electron chi connectivity index (χ4n) is 1.42. The minimum Gasteiger partial charge on any atom is -0.393 e. The van der Waals surface area contributed by atoms with Gasteiger partial charge >= 0.3 is 0 Å². The van der Waals surface area contributed by atoms with Crippen molar-refractivity contribution in [3.05, 3.63) is 0 Å². The van der Waals surface area contributed by atoms with Crippen LogP contribution in [0.5, 0.6) is 0 Å². The second-order valence-electron chi connectivity index (χ2n) is 3.73. The van der Waals surface area contributed by atoms with Crippen molar-refractivity contribution in [2.24, 2.45) is 5.92 Å². The van der Waals surface area contributed by atoms with Crippen LogP contribution in [-0.4, -0.2) is 46.3 Å². The number of hydrogen-bond acceptors (Lipinski definition) is 4. The number of rotatable bonds is 2. The Morgan fingerprint density at radius 1 is 1.58 bits per heavy atom. The predicted molar refractivity (Wildman–Crippen MR) is 42.6 cm³/mol. The Labute approximate surface area is 71.8 Å². The van der Waals surface area contributed by atoms with Crippen LogP contribution < -0.4 is 0 Å². The minimum absolute atomic E-state index is 0.00745. The lowest BCUT2D eigenvalue weighted by atomic mass is 9.92. The van der Waals surface area contributed by atoms with Crippen LogP contribution in [0.15, 0.2) is 0 Å². The van der Waals surface area contributed by atoms with Crippen molar-refractivity contribution in [2.75, 3.05) is 13.2 Å². The SMILES string of the molecule is CC(C)[C@@H]1OC[C@](O)(CO)[C@H]1O. The molecule has 4 nitrogen and oxygen atoms in total. The average Bonchev–Trinajstić information content (AvgIpc) is 2.30. The molecule has 1 aliphatic rings. The summed E-state index contributed by atoms with van der Waals surface area (Å²) in [7, 11) is 0. The van der Waals surface area contributed by atoms with Crippen molar-refractivity contribution in [3.8, 4) is 0 Å². The van der Waals surface area contributed by atoms with E-state index in [-0.39, 0.29) is 18.6 Å². The third-order valence-electron chi connectivity index (χ3n) is 2.32. The molecule has 0 unspecified atom stereocenters. The van der Waals surface area contributed by atoms with Crippen LogP contribution in [-0.2, 0) is 4.74 Å².